The van der Waals surface area contributed by atoms with E-state index in [4.69, 9.17) is 4.74 Å². The van der Waals surface area contributed by atoms with Crippen LogP contribution in [-0.4, -0.2) is 33.9 Å². The molecule has 5 heteroatoms. The van der Waals surface area contributed by atoms with Crippen LogP contribution in [0.1, 0.15) is 63.1 Å². The molecule has 2 aromatic rings. The van der Waals surface area contributed by atoms with Gasteiger partial charge in [0, 0.05) is 30.5 Å². The molecular formula is C25H29N2O3+. The Hall–Kier alpha value is -2.95. The summed E-state index contributed by atoms with van der Waals surface area (Å²) < 4.78 is 7.15. The molecule has 30 heavy (non-hydrogen) atoms. The number of hydrogen-bond acceptors (Lipinski definition) is 3. The molecule has 5 nitrogen and oxygen atoms in total. The first-order valence-electron chi connectivity index (χ1n) is 10.6. The Morgan fingerprint density at radius 1 is 1.10 bits per heavy atom. The molecule has 2 amide bonds. The average molecular weight is 406 g/mol. The normalized spacial score (nSPS) is 20.4. The fourth-order valence-corrected chi connectivity index (χ4v) is 3.93. The third-order valence-corrected chi connectivity index (χ3v) is 5.56. The molecule has 0 saturated heterocycles. The quantitative estimate of drug-likeness (QED) is 0.754. The summed E-state index contributed by atoms with van der Waals surface area (Å²) in [6.45, 7) is 7.38. The summed E-state index contributed by atoms with van der Waals surface area (Å²) in [7, 11) is 0. The maximum absolute atomic E-state index is 13.5. The Balaban J connectivity index is 1.75. The molecular weight excluding hydrogens is 376 g/mol. The number of nitrogens with one attached hydrogen (secondary N) is 1. The molecule has 156 valence electrons. The Morgan fingerprint density at radius 2 is 1.80 bits per heavy atom. The second-order valence-corrected chi connectivity index (χ2v) is 9.19. The summed E-state index contributed by atoms with van der Waals surface area (Å²) in [5, 5.41) is 2.79. The molecule has 1 saturated carbocycles. The number of hydrogen-bond donors (Lipinski definition) is 1. The van der Waals surface area contributed by atoms with Gasteiger partial charge in [0.1, 0.15) is 5.60 Å². The Kier molecular flexibility index (Phi) is 5.22. The van der Waals surface area contributed by atoms with Gasteiger partial charge in [0.2, 0.25) is 5.69 Å². The molecule has 1 heterocycles. The number of carbonyl (C=O) groups excluding carboxylic acids is 2. The minimum atomic E-state index is -0.669. The molecule has 0 spiro atoms. The predicted molar refractivity (Wildman–Crippen MR) is 116 cm³/mol. The van der Waals surface area contributed by atoms with E-state index < -0.39 is 17.7 Å². The zero-order valence-corrected chi connectivity index (χ0v) is 18.1. The molecule has 1 aliphatic carbocycles. The van der Waals surface area contributed by atoms with E-state index in [2.05, 4.69) is 23.5 Å². The molecule has 0 radical (unpaired) electrons. The molecule has 4 rings (SSSR count). The molecule has 0 bridgehead atoms. The topological polar surface area (TPSA) is 58.4 Å². The van der Waals surface area contributed by atoms with Gasteiger partial charge in [0.15, 0.2) is 11.8 Å². The first-order chi connectivity index (χ1) is 14.2. The number of rotatable bonds is 3. The zero-order valence-electron chi connectivity index (χ0n) is 18.1. The van der Waals surface area contributed by atoms with Crippen molar-refractivity contribution >= 4 is 23.4 Å². The predicted octanol–water partition coefficient (Wildman–Crippen LogP) is 4.69. The zero-order chi connectivity index (χ0) is 21.5. The average Bonchev–Trinajstić information content (AvgIpc) is 3.52. The fraction of sp³-hybridized carbons (Fsp3) is 0.400. The van der Waals surface area contributed by atoms with E-state index in [0.29, 0.717) is 12.3 Å². The Bertz CT molecular complexity index is 1010. The van der Waals surface area contributed by atoms with Crippen LogP contribution < -0.4 is 5.32 Å². The Morgan fingerprint density at radius 3 is 2.43 bits per heavy atom. The molecule has 2 aromatic carbocycles. The van der Waals surface area contributed by atoms with E-state index in [1.54, 1.807) is 4.58 Å². The molecule has 1 fully saturated rings. The third kappa shape index (κ3) is 4.30. The highest BCUT2D eigenvalue weighted by Gasteiger charge is 2.42. The van der Waals surface area contributed by atoms with Crippen molar-refractivity contribution in [2.45, 2.75) is 64.5 Å². The van der Waals surface area contributed by atoms with Crippen LogP contribution in [0.3, 0.4) is 0 Å². The van der Waals surface area contributed by atoms with E-state index in [9.17, 15) is 9.59 Å². The van der Waals surface area contributed by atoms with Gasteiger partial charge in [-0.25, -0.2) is 9.59 Å². The van der Waals surface area contributed by atoms with Crippen LogP contribution in [0.15, 0.2) is 48.5 Å². The molecule has 1 N–H and O–H groups in total. The van der Waals surface area contributed by atoms with Crippen molar-refractivity contribution in [3.8, 4) is 0 Å². The van der Waals surface area contributed by atoms with Gasteiger partial charge < -0.3 is 10.1 Å². The van der Waals surface area contributed by atoms with Crippen LogP contribution in [-0.2, 0) is 16.0 Å². The number of nitrogens with zero attached hydrogens (tertiary/aromatic N) is 1. The van der Waals surface area contributed by atoms with Gasteiger partial charge in [-0.15, -0.1) is 4.58 Å². The summed E-state index contributed by atoms with van der Waals surface area (Å²) in [6, 6.07) is 15.6. The van der Waals surface area contributed by atoms with Gasteiger partial charge in [0.05, 0.1) is 0 Å². The first kappa shape index (κ1) is 20.3. The van der Waals surface area contributed by atoms with E-state index in [-0.39, 0.29) is 5.91 Å². The van der Waals surface area contributed by atoms with Crippen molar-refractivity contribution in [2.24, 2.45) is 0 Å². The summed E-state index contributed by atoms with van der Waals surface area (Å²) in [6.07, 6.45) is 2.29. The van der Waals surface area contributed by atoms with Crippen molar-refractivity contribution in [1.82, 2.24) is 5.32 Å². The van der Waals surface area contributed by atoms with Crippen LogP contribution in [0, 0.1) is 0 Å². The largest absolute Gasteiger partial charge is 0.444 e. The molecule has 2 aliphatic rings. The van der Waals surface area contributed by atoms with Crippen molar-refractivity contribution < 1.29 is 18.9 Å². The monoisotopic (exact) mass is 405 g/mol. The van der Waals surface area contributed by atoms with Gasteiger partial charge in [-0.2, -0.15) is 0 Å². The lowest BCUT2D eigenvalue weighted by Crippen LogP contribution is -2.50. The summed E-state index contributed by atoms with van der Waals surface area (Å²) in [5.74, 6) is 0.463. The van der Waals surface area contributed by atoms with Crippen LogP contribution in [0.5, 0.6) is 0 Å². The summed E-state index contributed by atoms with van der Waals surface area (Å²) in [4.78, 5) is 25.9. The lowest BCUT2D eigenvalue weighted by atomic mass is 9.94. The van der Waals surface area contributed by atoms with Crippen molar-refractivity contribution in [2.75, 3.05) is 0 Å². The van der Waals surface area contributed by atoms with Gasteiger partial charge in [0.25, 0.3) is 0 Å². The van der Waals surface area contributed by atoms with Crippen LogP contribution in [0.25, 0.3) is 0 Å². The first-order valence-corrected chi connectivity index (χ1v) is 10.6. The van der Waals surface area contributed by atoms with E-state index in [1.165, 1.54) is 18.4 Å². The van der Waals surface area contributed by atoms with E-state index >= 15 is 0 Å². The Labute approximate surface area is 177 Å². The van der Waals surface area contributed by atoms with Crippen molar-refractivity contribution in [1.29, 1.82) is 0 Å². The minimum Gasteiger partial charge on any atom is -0.444 e. The van der Waals surface area contributed by atoms with Crippen LogP contribution in [0.4, 0.5) is 10.5 Å². The minimum absolute atomic E-state index is 0.136. The highest BCUT2D eigenvalue weighted by Crippen LogP contribution is 2.42. The number of amides is 2. The third-order valence-electron chi connectivity index (χ3n) is 5.56. The van der Waals surface area contributed by atoms with Crippen molar-refractivity contribution in [3.05, 3.63) is 65.2 Å². The second-order valence-electron chi connectivity index (χ2n) is 9.19. The van der Waals surface area contributed by atoms with Crippen molar-refractivity contribution in [3.63, 3.8) is 0 Å². The number of ether oxygens (including phenoxy) is 1. The molecule has 1 atom stereocenters. The molecule has 0 unspecified atom stereocenters. The second kappa shape index (κ2) is 7.71. The summed E-state index contributed by atoms with van der Waals surface area (Å²) >= 11 is 0. The smallest absolute Gasteiger partial charge is 0.415 e. The number of benzene rings is 2. The van der Waals surface area contributed by atoms with Crippen LogP contribution >= 0.6 is 0 Å². The molecule has 1 aliphatic heterocycles. The highest BCUT2D eigenvalue weighted by molar-refractivity contribution is 6.00. The number of fused-ring (bicyclic) bond motifs is 1. The molecule has 0 aromatic heterocycles. The van der Waals surface area contributed by atoms with E-state index in [0.717, 1.165) is 22.5 Å². The van der Waals surface area contributed by atoms with Crippen LogP contribution in [0.2, 0.25) is 0 Å². The van der Waals surface area contributed by atoms with E-state index in [1.807, 2.05) is 58.0 Å². The SMILES string of the molecule is CC(c1ccccc1)=[N+]1C(=O)[C@H](NC(=O)OC(C)(C)C)Cc2ccc(C3CC3)cc21. The number of carbonyl (C=O) groups is 2. The van der Waals surface area contributed by atoms with Gasteiger partial charge in [-0.1, -0.05) is 30.3 Å². The lowest BCUT2D eigenvalue weighted by Gasteiger charge is -2.25. The maximum Gasteiger partial charge on any atom is 0.415 e. The lowest BCUT2D eigenvalue weighted by molar-refractivity contribution is -0.373. The summed E-state index contributed by atoms with van der Waals surface area (Å²) in [5.41, 5.74) is 4.47. The highest BCUT2D eigenvalue weighted by atomic mass is 16.6. The van der Waals surface area contributed by atoms with Gasteiger partial charge in [-0.05, 0) is 57.2 Å². The van der Waals surface area contributed by atoms with Gasteiger partial charge >= 0.3 is 12.0 Å². The maximum atomic E-state index is 13.5. The standard InChI is InChI=1S/C25H28N2O3/c1-16(17-8-6-5-7-9-17)27-22-15-19(18-10-11-18)12-13-20(22)14-21(23(27)28)26-24(29)30-25(2,3)4/h5-9,12-13,15,18,21H,10-11,14H2,1-4H3/p+1/t21-/m1/s1. The van der Waals surface area contributed by atoms with Gasteiger partial charge in [-0.3, -0.25) is 0 Å². The number of alkyl carbamates (subject to hydrolysis) is 1. The fourth-order valence-electron chi connectivity index (χ4n) is 3.93.